The van der Waals surface area contributed by atoms with Gasteiger partial charge < -0.3 is 9.29 Å². The predicted octanol–water partition coefficient (Wildman–Crippen LogP) is 10.7. The van der Waals surface area contributed by atoms with Crippen molar-refractivity contribution in [1.29, 1.82) is 0 Å². The minimum Gasteiger partial charge on any atom is -0.384 e. The van der Waals surface area contributed by atoms with Crippen LogP contribution in [-0.2, 0) is 16.5 Å². The first-order valence-electron chi connectivity index (χ1n) is 15.5. The average Bonchev–Trinajstić information content (AvgIpc) is 3.45. The Morgan fingerprint density at radius 1 is 1.07 bits per heavy atom. The number of aliphatic hydroxyl groups excluding tert-OH is 1. The number of rotatable bonds is 8. The summed E-state index contributed by atoms with van der Waals surface area (Å²) in [6, 6.07) is 3.86. The van der Waals surface area contributed by atoms with Crippen LogP contribution < -0.4 is 0 Å². The van der Waals surface area contributed by atoms with Crippen LogP contribution >= 0.6 is 10.3 Å². The second kappa shape index (κ2) is 12.0. The summed E-state index contributed by atoms with van der Waals surface area (Å²) in [4.78, 5) is 5.24. The van der Waals surface area contributed by atoms with Gasteiger partial charge in [0.05, 0.1) is 6.10 Å². The summed E-state index contributed by atoms with van der Waals surface area (Å²) >= 11 is 0. The molecule has 1 aromatic carbocycles. The van der Waals surface area contributed by atoms with Gasteiger partial charge in [-0.3, -0.25) is 4.98 Å². The lowest BCUT2D eigenvalue weighted by atomic mass is 9.69. The molecule has 2 aromatic rings. The highest BCUT2D eigenvalue weighted by molar-refractivity contribution is 8.29. The highest BCUT2D eigenvalue weighted by atomic mass is 32.3. The summed E-state index contributed by atoms with van der Waals surface area (Å²) < 4.78 is 74.4. The van der Waals surface area contributed by atoms with Gasteiger partial charge in [0.1, 0.15) is 6.10 Å². The molecule has 44 heavy (non-hydrogen) atoms. The number of benzene rings is 1. The number of allylic oxidation sites excluding steroid dienone is 2. The second-order valence-corrected chi connectivity index (χ2v) is 18.4. The number of aliphatic hydroxyl groups is 1. The van der Waals surface area contributed by atoms with Gasteiger partial charge >= 0.3 is 12.1 Å². The third-order valence-electron chi connectivity index (χ3n) is 9.79. The van der Waals surface area contributed by atoms with Crippen molar-refractivity contribution in [2.75, 3.05) is 12.5 Å². The van der Waals surface area contributed by atoms with E-state index in [4.69, 9.17) is 9.17 Å². The monoisotopic (exact) mass is 641 g/mol. The van der Waals surface area contributed by atoms with E-state index in [2.05, 4.69) is 53.2 Å². The van der Waals surface area contributed by atoms with Crippen molar-refractivity contribution in [2.45, 2.75) is 122 Å². The van der Waals surface area contributed by atoms with E-state index in [1.807, 2.05) is 13.8 Å². The summed E-state index contributed by atoms with van der Waals surface area (Å²) in [7, 11) is -1.55. The van der Waals surface area contributed by atoms with Crippen LogP contribution in [0.1, 0.15) is 138 Å². The molecule has 0 bridgehead atoms. The summed E-state index contributed by atoms with van der Waals surface area (Å²) in [6.07, 6.45) is 4.51. The number of hydrogen-bond acceptors (Lipinski definition) is 3. The molecule has 3 atom stereocenters. The maximum Gasteiger partial charge on any atom is 0.458 e. The minimum absolute atomic E-state index is 0.0344. The summed E-state index contributed by atoms with van der Waals surface area (Å²) in [5.41, 5.74) is 4.34. The highest BCUT2D eigenvalue weighted by Gasteiger charge is 2.58. The first-order chi connectivity index (χ1) is 20.1. The second-order valence-electron chi connectivity index (χ2n) is 14.5. The number of alkyl halides is 5. The molecule has 0 saturated carbocycles. The first kappa shape index (κ1) is 34.9. The van der Waals surface area contributed by atoms with E-state index in [1.54, 1.807) is 0 Å². The number of fused-ring (bicyclic) bond motifs is 1. The van der Waals surface area contributed by atoms with Gasteiger partial charge in [0.2, 0.25) is 0 Å². The van der Waals surface area contributed by atoms with Crippen molar-refractivity contribution >= 4 is 15.9 Å². The third-order valence-corrected chi connectivity index (χ3v) is 13.5. The van der Waals surface area contributed by atoms with Gasteiger partial charge in [-0.25, -0.2) is 0 Å². The van der Waals surface area contributed by atoms with Gasteiger partial charge in [0.25, 0.3) is 0 Å². The Morgan fingerprint density at radius 2 is 1.68 bits per heavy atom. The molecule has 2 aliphatic rings. The quantitative estimate of drug-likeness (QED) is 0.292. The Morgan fingerprint density at radius 3 is 2.16 bits per heavy atom. The van der Waals surface area contributed by atoms with Gasteiger partial charge in [-0.2, -0.15) is 22.0 Å². The molecule has 0 amide bonds. The fourth-order valence-electron chi connectivity index (χ4n) is 6.14. The molecule has 3 unspecified atom stereocenters. The number of aromatic nitrogens is 1. The molecule has 4 rings (SSSR count). The van der Waals surface area contributed by atoms with Crippen molar-refractivity contribution in [3.8, 4) is 0 Å². The Bertz CT molecular complexity index is 1390. The number of nitrogens with zero attached hydrogens (tertiary/aromatic N) is 1. The predicted molar refractivity (Wildman–Crippen MR) is 170 cm³/mol. The molecular formula is C35H48F5NO2S. The zero-order valence-corrected chi connectivity index (χ0v) is 28.3. The van der Waals surface area contributed by atoms with Crippen molar-refractivity contribution in [3.05, 3.63) is 69.5 Å². The van der Waals surface area contributed by atoms with E-state index >= 15 is 0 Å². The molecule has 0 aliphatic heterocycles. The summed E-state index contributed by atoms with van der Waals surface area (Å²) in [5, 5.41) is 12.0. The molecule has 1 heterocycles. The maximum atomic E-state index is 14.1. The Kier molecular flexibility index (Phi) is 9.51. The maximum absolute atomic E-state index is 14.1. The van der Waals surface area contributed by atoms with Crippen LogP contribution in [0, 0.1) is 5.41 Å². The largest absolute Gasteiger partial charge is 0.458 e. The molecule has 0 fully saturated rings. The number of halogens is 5. The van der Waals surface area contributed by atoms with Gasteiger partial charge in [-0.15, -0.1) is 10.3 Å². The van der Waals surface area contributed by atoms with Crippen LogP contribution in [0.5, 0.6) is 0 Å². The third kappa shape index (κ3) is 6.48. The zero-order valence-electron chi connectivity index (χ0n) is 27.5. The van der Waals surface area contributed by atoms with Crippen LogP contribution in [0.25, 0.3) is 5.57 Å². The Labute approximate surface area is 261 Å². The van der Waals surface area contributed by atoms with Crippen molar-refractivity contribution < 1.29 is 31.2 Å². The summed E-state index contributed by atoms with van der Waals surface area (Å²) in [6.45, 7) is 15.0. The Hall–Kier alpha value is -1.97. The number of hydrogen-bond donors (Lipinski definition) is 1. The SMILES string of the molecule is CCC1(C)Cc2nc(C(C)C)c(C(O)c3ccc(C(F)(F)C(F)(F)F)cc3)c(C3=CCCC3)c2C(OS(C)(C)C(C)(C)C)C1. The molecule has 1 aromatic heterocycles. The van der Waals surface area contributed by atoms with E-state index < -0.39 is 34.1 Å². The van der Waals surface area contributed by atoms with E-state index in [-0.39, 0.29) is 27.7 Å². The van der Waals surface area contributed by atoms with Crippen LogP contribution in [-0.4, -0.2) is 33.5 Å². The molecule has 1 N–H and O–H groups in total. The van der Waals surface area contributed by atoms with E-state index in [1.165, 1.54) is 12.1 Å². The minimum atomic E-state index is -5.71. The van der Waals surface area contributed by atoms with Crippen LogP contribution in [0.2, 0.25) is 0 Å². The normalized spacial score (nSPS) is 22.6. The molecule has 9 heteroatoms. The lowest BCUT2D eigenvalue weighted by Gasteiger charge is -2.49. The standard InChI is InChI=1S/C35H48F5NO2S/c1-10-33(7)19-25-28(26(20-33)43-44(8,9)32(4,5)6)27(22-13-11-12-14-22)29(30(41-25)21(2)3)31(42)23-15-17-24(18-16-23)34(36,37)35(38,39)40/h13,15-18,21,26,31,42H,10-12,14,19-20H2,1-9H3. The van der Waals surface area contributed by atoms with Gasteiger partial charge in [0, 0.05) is 32.8 Å². The molecule has 3 nitrogen and oxygen atoms in total. The Balaban J connectivity index is 1.97. The van der Waals surface area contributed by atoms with Gasteiger partial charge in [-0.05, 0) is 72.6 Å². The number of pyridine rings is 1. The molecular weight excluding hydrogens is 593 g/mol. The molecule has 246 valence electrons. The fraction of sp³-hybridized carbons (Fsp3) is 0.629. The average molecular weight is 642 g/mol. The van der Waals surface area contributed by atoms with Crippen molar-refractivity contribution in [3.63, 3.8) is 0 Å². The zero-order chi connectivity index (χ0) is 33.0. The van der Waals surface area contributed by atoms with Crippen molar-refractivity contribution in [2.24, 2.45) is 5.41 Å². The fourth-order valence-corrected chi connectivity index (χ4v) is 7.18. The summed E-state index contributed by atoms with van der Waals surface area (Å²) in [5.74, 6) is -5.07. The lowest BCUT2D eigenvalue weighted by Crippen LogP contribution is -2.35. The molecule has 0 radical (unpaired) electrons. The lowest BCUT2D eigenvalue weighted by molar-refractivity contribution is -0.289. The van der Waals surface area contributed by atoms with Crippen LogP contribution in [0.4, 0.5) is 22.0 Å². The topological polar surface area (TPSA) is 42.4 Å². The van der Waals surface area contributed by atoms with Crippen LogP contribution in [0.3, 0.4) is 0 Å². The van der Waals surface area contributed by atoms with E-state index in [9.17, 15) is 27.1 Å². The smallest absolute Gasteiger partial charge is 0.384 e. The highest BCUT2D eigenvalue weighted by Crippen LogP contribution is 2.61. The van der Waals surface area contributed by atoms with Gasteiger partial charge in [-0.1, -0.05) is 85.2 Å². The van der Waals surface area contributed by atoms with E-state index in [0.717, 1.165) is 73.1 Å². The van der Waals surface area contributed by atoms with Crippen molar-refractivity contribution in [1.82, 2.24) is 4.98 Å². The van der Waals surface area contributed by atoms with Crippen LogP contribution in [0.15, 0.2) is 30.3 Å². The molecule has 0 saturated heterocycles. The van der Waals surface area contributed by atoms with Gasteiger partial charge in [0.15, 0.2) is 0 Å². The molecule has 0 spiro atoms. The first-order valence-corrected chi connectivity index (χ1v) is 17.9. The van der Waals surface area contributed by atoms with E-state index in [0.29, 0.717) is 11.3 Å². The molecule has 2 aliphatic carbocycles.